The molecule has 0 N–H and O–H groups in total. The van der Waals surface area contributed by atoms with Crippen LogP contribution in [0.5, 0.6) is 0 Å². The third kappa shape index (κ3) is 5.81. The van der Waals surface area contributed by atoms with Crippen LogP contribution in [0.25, 0.3) is 11.1 Å². The number of hydrogen-bond donors (Lipinski definition) is 0. The molecule has 27 heavy (non-hydrogen) atoms. The highest BCUT2D eigenvalue weighted by Gasteiger charge is 2.21. The fraction of sp³-hybridized carbons (Fsp3) is 0.462. The molecule has 0 saturated heterocycles. The maximum atomic E-state index is 5.48. The highest BCUT2D eigenvalue weighted by atomic mass is 16.5. The van der Waals surface area contributed by atoms with Crippen molar-refractivity contribution >= 4 is 0 Å². The van der Waals surface area contributed by atoms with Gasteiger partial charge in [-0.25, -0.2) is 0 Å². The molecule has 0 heterocycles. The second-order valence-electron chi connectivity index (χ2n) is 7.79. The molecule has 0 bridgehead atoms. The first-order valence-corrected chi connectivity index (χ1v) is 10.7. The summed E-state index contributed by atoms with van der Waals surface area (Å²) in [7, 11) is 0. The van der Waals surface area contributed by atoms with E-state index in [2.05, 4.69) is 67.6 Å². The lowest BCUT2D eigenvalue weighted by molar-refractivity contribution is 0.134. The maximum absolute atomic E-state index is 5.48. The van der Waals surface area contributed by atoms with Gasteiger partial charge >= 0.3 is 0 Å². The minimum Gasteiger partial charge on any atom is -0.377 e. The van der Waals surface area contributed by atoms with Crippen LogP contribution in [0.1, 0.15) is 69.4 Å². The minimum atomic E-state index is 0.701. The topological polar surface area (TPSA) is 9.23 Å². The van der Waals surface area contributed by atoms with Crippen LogP contribution in [0.4, 0.5) is 0 Å². The van der Waals surface area contributed by atoms with Gasteiger partial charge in [0.1, 0.15) is 0 Å². The van der Waals surface area contributed by atoms with Crippen LogP contribution < -0.4 is 0 Å². The van der Waals surface area contributed by atoms with E-state index in [0.29, 0.717) is 6.61 Å². The molecule has 0 aliphatic heterocycles. The molecule has 2 aromatic rings. The quantitative estimate of drug-likeness (QED) is 0.441. The van der Waals surface area contributed by atoms with Gasteiger partial charge in [-0.2, -0.15) is 0 Å². The Balaban J connectivity index is 1.55. The largest absolute Gasteiger partial charge is 0.377 e. The molecule has 0 unspecified atom stereocenters. The molecule has 0 aromatic heterocycles. The molecule has 0 radical (unpaired) electrons. The molecule has 144 valence electrons. The summed E-state index contributed by atoms with van der Waals surface area (Å²) in [6.45, 7) is 5.71. The Hall–Kier alpha value is -1.86. The zero-order valence-electron chi connectivity index (χ0n) is 17.0. The molecule has 2 aromatic carbocycles. The molecule has 1 aliphatic rings. The first-order chi connectivity index (χ1) is 13.3. The zero-order valence-corrected chi connectivity index (χ0v) is 17.0. The van der Waals surface area contributed by atoms with Crippen LogP contribution in [0.3, 0.4) is 0 Å². The van der Waals surface area contributed by atoms with E-state index in [1.807, 2.05) is 6.92 Å². The fourth-order valence-corrected chi connectivity index (χ4v) is 4.15. The maximum Gasteiger partial charge on any atom is 0.0716 e. The van der Waals surface area contributed by atoms with E-state index >= 15 is 0 Å². The van der Waals surface area contributed by atoms with E-state index in [0.717, 1.165) is 24.9 Å². The third-order valence-corrected chi connectivity index (χ3v) is 5.86. The summed E-state index contributed by atoms with van der Waals surface area (Å²) in [4.78, 5) is 0. The van der Waals surface area contributed by atoms with E-state index < -0.39 is 0 Å². The molecule has 0 atom stereocenters. The minimum absolute atomic E-state index is 0.701. The summed E-state index contributed by atoms with van der Waals surface area (Å²) in [6.07, 6.45) is 12.6. The van der Waals surface area contributed by atoms with Crippen molar-refractivity contribution < 1.29 is 4.74 Å². The number of hydrogen-bond acceptors (Lipinski definition) is 1. The molecule has 1 saturated carbocycles. The first-order valence-electron chi connectivity index (χ1n) is 10.7. The van der Waals surface area contributed by atoms with Crippen molar-refractivity contribution in [3.8, 4) is 11.1 Å². The summed E-state index contributed by atoms with van der Waals surface area (Å²) in [5.41, 5.74) is 5.35. The average molecular weight is 363 g/mol. The van der Waals surface area contributed by atoms with Crippen LogP contribution >= 0.6 is 0 Å². The highest BCUT2D eigenvalue weighted by Crippen LogP contribution is 2.37. The molecule has 0 spiro atoms. The van der Waals surface area contributed by atoms with Gasteiger partial charge in [0.25, 0.3) is 0 Å². The van der Waals surface area contributed by atoms with E-state index in [4.69, 9.17) is 4.74 Å². The lowest BCUT2D eigenvalue weighted by Gasteiger charge is -2.28. The zero-order chi connectivity index (χ0) is 18.9. The van der Waals surface area contributed by atoms with Crippen molar-refractivity contribution in [2.45, 2.75) is 64.9 Å². The van der Waals surface area contributed by atoms with E-state index in [-0.39, 0.29) is 0 Å². The number of ether oxygens (including phenoxy) is 1. The lowest BCUT2D eigenvalue weighted by atomic mass is 9.77. The molecular weight excluding hydrogens is 328 g/mol. The van der Waals surface area contributed by atoms with Gasteiger partial charge in [-0.05, 0) is 79.5 Å². The number of rotatable bonds is 8. The molecule has 1 nitrogen and oxygen atoms in total. The first kappa shape index (κ1) is 19.9. The molecule has 3 rings (SSSR count). The smallest absolute Gasteiger partial charge is 0.0716 e. The van der Waals surface area contributed by atoms with Crippen LogP contribution in [0, 0.1) is 5.92 Å². The molecule has 1 aliphatic carbocycles. The van der Waals surface area contributed by atoms with Crippen LogP contribution in [0.15, 0.2) is 60.7 Å². The summed E-state index contributed by atoms with van der Waals surface area (Å²) in [5.74, 6) is 1.65. The Bertz CT molecular complexity index is 688. The van der Waals surface area contributed by atoms with Gasteiger partial charge in [-0.3, -0.25) is 0 Å². The van der Waals surface area contributed by atoms with Crippen LogP contribution in [-0.2, 0) is 11.3 Å². The molecule has 0 amide bonds. The van der Waals surface area contributed by atoms with Crippen molar-refractivity contribution in [1.29, 1.82) is 0 Å². The summed E-state index contributed by atoms with van der Waals surface area (Å²) < 4.78 is 5.48. The van der Waals surface area contributed by atoms with Crippen molar-refractivity contribution in [2.24, 2.45) is 5.92 Å². The monoisotopic (exact) mass is 362 g/mol. The predicted octanol–water partition coefficient (Wildman–Crippen LogP) is 7.52. The Morgan fingerprint density at radius 1 is 0.815 bits per heavy atom. The normalized spacial score (nSPS) is 20.2. The lowest BCUT2D eigenvalue weighted by Crippen LogP contribution is -2.12. The predicted molar refractivity (Wildman–Crippen MR) is 116 cm³/mol. The van der Waals surface area contributed by atoms with Crippen molar-refractivity contribution in [3.63, 3.8) is 0 Å². The van der Waals surface area contributed by atoms with Crippen molar-refractivity contribution in [3.05, 3.63) is 71.8 Å². The highest BCUT2D eigenvalue weighted by molar-refractivity contribution is 5.64. The Morgan fingerprint density at radius 3 is 2.04 bits per heavy atom. The molecule has 1 fully saturated rings. The summed E-state index contributed by atoms with van der Waals surface area (Å²) in [6, 6.07) is 18.1. The second-order valence-corrected chi connectivity index (χ2v) is 7.79. The van der Waals surface area contributed by atoms with Gasteiger partial charge in [0.15, 0.2) is 0 Å². The van der Waals surface area contributed by atoms with Gasteiger partial charge in [-0.1, -0.05) is 67.6 Å². The second kappa shape index (κ2) is 10.5. The SMILES string of the molecule is CCC=CCC1CCC(c2ccc(-c3ccc(COCC)cc3)cc2)CC1. The van der Waals surface area contributed by atoms with E-state index in [1.165, 1.54) is 54.4 Å². The summed E-state index contributed by atoms with van der Waals surface area (Å²) in [5, 5.41) is 0. The van der Waals surface area contributed by atoms with Gasteiger partial charge in [0, 0.05) is 6.61 Å². The number of allylic oxidation sites excluding steroid dienone is 2. The van der Waals surface area contributed by atoms with E-state index in [1.54, 1.807) is 0 Å². The molecule has 1 heteroatoms. The van der Waals surface area contributed by atoms with Gasteiger partial charge in [-0.15, -0.1) is 0 Å². The van der Waals surface area contributed by atoms with Crippen LogP contribution in [0.2, 0.25) is 0 Å². The van der Waals surface area contributed by atoms with Crippen molar-refractivity contribution in [2.75, 3.05) is 6.61 Å². The molecular formula is C26H34O. The fourth-order valence-electron chi connectivity index (χ4n) is 4.15. The van der Waals surface area contributed by atoms with Gasteiger partial charge in [0.2, 0.25) is 0 Å². The van der Waals surface area contributed by atoms with Crippen LogP contribution in [-0.4, -0.2) is 6.61 Å². The Kier molecular flexibility index (Phi) is 7.71. The Morgan fingerprint density at radius 2 is 1.44 bits per heavy atom. The standard InChI is InChI=1S/C26H34O/c1-3-5-6-7-21-8-12-23(13-9-21)25-16-18-26(19-17-25)24-14-10-22(11-15-24)20-27-4-2/h5-6,10-11,14-19,21,23H,3-4,7-9,12-13,20H2,1-2H3. The average Bonchev–Trinajstić information content (AvgIpc) is 2.73. The third-order valence-electron chi connectivity index (χ3n) is 5.86. The van der Waals surface area contributed by atoms with Crippen molar-refractivity contribution in [1.82, 2.24) is 0 Å². The van der Waals surface area contributed by atoms with E-state index in [9.17, 15) is 0 Å². The Labute approximate surface area is 165 Å². The van der Waals surface area contributed by atoms with Gasteiger partial charge in [0.05, 0.1) is 6.61 Å². The summed E-state index contributed by atoms with van der Waals surface area (Å²) >= 11 is 0. The van der Waals surface area contributed by atoms with Gasteiger partial charge < -0.3 is 4.74 Å². The number of benzene rings is 2.